The first-order valence-electron chi connectivity index (χ1n) is 7.78. The van der Waals surface area contributed by atoms with E-state index in [2.05, 4.69) is 24.3 Å². The van der Waals surface area contributed by atoms with Crippen molar-refractivity contribution >= 4 is 11.6 Å². The average molecular weight is 316 g/mol. The fraction of sp³-hybridized carbons (Fsp3) is 0.800. The van der Waals surface area contributed by atoms with Gasteiger partial charge < -0.3 is 14.8 Å². The molecule has 6 heteroatoms. The second-order valence-electron chi connectivity index (χ2n) is 5.40. The summed E-state index contributed by atoms with van der Waals surface area (Å²) in [5.41, 5.74) is 1.06. The van der Waals surface area contributed by atoms with Crippen LogP contribution < -0.4 is 5.32 Å². The molecule has 2 heterocycles. The number of halogens is 1. The third-order valence-corrected chi connectivity index (χ3v) is 4.44. The van der Waals surface area contributed by atoms with Crippen molar-refractivity contribution in [2.45, 2.75) is 45.4 Å². The van der Waals surface area contributed by atoms with Gasteiger partial charge in [-0.2, -0.15) is 5.10 Å². The first-order valence-corrected chi connectivity index (χ1v) is 8.15. The van der Waals surface area contributed by atoms with Gasteiger partial charge in [0.2, 0.25) is 0 Å². The number of nitrogens with one attached hydrogen (secondary N) is 1. The van der Waals surface area contributed by atoms with E-state index in [0.29, 0.717) is 19.1 Å². The van der Waals surface area contributed by atoms with Crippen molar-refractivity contribution in [3.63, 3.8) is 0 Å². The maximum absolute atomic E-state index is 6.42. The Labute approximate surface area is 131 Å². The number of aromatic nitrogens is 2. The van der Waals surface area contributed by atoms with Gasteiger partial charge in [0.1, 0.15) is 0 Å². The van der Waals surface area contributed by atoms with E-state index >= 15 is 0 Å². The van der Waals surface area contributed by atoms with Crippen molar-refractivity contribution in [1.29, 1.82) is 0 Å². The zero-order chi connectivity index (χ0) is 15.2. The maximum Gasteiger partial charge on any atom is 0.0834 e. The molecule has 0 saturated carbocycles. The minimum absolute atomic E-state index is 0.175. The summed E-state index contributed by atoms with van der Waals surface area (Å²) in [6, 6.07) is 0.175. The van der Waals surface area contributed by atoms with E-state index in [4.69, 9.17) is 21.1 Å². The van der Waals surface area contributed by atoms with Gasteiger partial charge in [-0.05, 0) is 19.4 Å². The molecule has 1 aliphatic rings. The number of rotatable bonds is 8. The van der Waals surface area contributed by atoms with Gasteiger partial charge in [-0.15, -0.1) is 0 Å². The average Bonchev–Trinajstić information content (AvgIpc) is 3.09. The molecule has 21 heavy (non-hydrogen) atoms. The molecule has 1 aromatic heterocycles. The Bertz CT molecular complexity index is 439. The zero-order valence-corrected chi connectivity index (χ0v) is 13.9. The number of ether oxygens (including phenoxy) is 2. The van der Waals surface area contributed by atoms with Gasteiger partial charge in [0.25, 0.3) is 0 Å². The second-order valence-corrected chi connectivity index (χ2v) is 5.81. The Morgan fingerprint density at radius 3 is 3.05 bits per heavy atom. The van der Waals surface area contributed by atoms with Crippen LogP contribution in [0.4, 0.5) is 0 Å². The Morgan fingerprint density at radius 2 is 2.38 bits per heavy atom. The Balaban J connectivity index is 2.27. The first-order chi connectivity index (χ1) is 10.2. The molecule has 120 valence electrons. The summed E-state index contributed by atoms with van der Waals surface area (Å²) in [6.45, 7) is 7.36. The van der Waals surface area contributed by atoms with Crippen LogP contribution in [0, 0.1) is 5.92 Å². The molecule has 1 fully saturated rings. The van der Waals surface area contributed by atoms with E-state index < -0.39 is 0 Å². The normalized spacial score (nSPS) is 23.6. The fourth-order valence-corrected chi connectivity index (χ4v) is 3.43. The molecule has 5 nitrogen and oxygen atoms in total. The highest BCUT2D eigenvalue weighted by Gasteiger charge is 2.36. The summed E-state index contributed by atoms with van der Waals surface area (Å²) in [7, 11) is 1.70. The van der Waals surface area contributed by atoms with Crippen LogP contribution in [-0.4, -0.2) is 42.8 Å². The molecule has 3 unspecified atom stereocenters. The van der Waals surface area contributed by atoms with Crippen LogP contribution in [0.5, 0.6) is 0 Å². The molecule has 3 atom stereocenters. The van der Waals surface area contributed by atoms with Crippen LogP contribution in [0.25, 0.3) is 0 Å². The minimum Gasteiger partial charge on any atom is -0.383 e. The van der Waals surface area contributed by atoms with E-state index in [0.717, 1.165) is 36.7 Å². The SMILES string of the molecule is CCNC(c1c(Cl)cnn1CCOC)C1CCOC1CC. The molecule has 0 aliphatic carbocycles. The van der Waals surface area contributed by atoms with E-state index in [1.165, 1.54) is 0 Å². The van der Waals surface area contributed by atoms with Gasteiger partial charge in [0, 0.05) is 19.6 Å². The first kappa shape index (κ1) is 16.7. The molecule has 1 aromatic rings. The summed E-state index contributed by atoms with van der Waals surface area (Å²) in [5.74, 6) is 0.436. The predicted octanol–water partition coefficient (Wildman–Crippen LogP) is 2.65. The summed E-state index contributed by atoms with van der Waals surface area (Å²) >= 11 is 6.42. The summed E-state index contributed by atoms with van der Waals surface area (Å²) in [6.07, 6.45) is 4.10. The molecule has 0 spiro atoms. The third kappa shape index (κ3) is 3.77. The molecule has 0 radical (unpaired) electrons. The molecule has 0 bridgehead atoms. The monoisotopic (exact) mass is 315 g/mol. The minimum atomic E-state index is 0.175. The van der Waals surface area contributed by atoms with Crippen LogP contribution in [0.15, 0.2) is 6.20 Å². The Morgan fingerprint density at radius 1 is 1.57 bits per heavy atom. The number of hydrogen-bond acceptors (Lipinski definition) is 4. The largest absolute Gasteiger partial charge is 0.383 e. The fourth-order valence-electron chi connectivity index (χ4n) is 3.17. The van der Waals surface area contributed by atoms with Crippen molar-refractivity contribution in [2.24, 2.45) is 5.92 Å². The van der Waals surface area contributed by atoms with Crippen LogP contribution in [0.3, 0.4) is 0 Å². The van der Waals surface area contributed by atoms with Crippen molar-refractivity contribution in [2.75, 3.05) is 26.9 Å². The van der Waals surface area contributed by atoms with E-state index in [9.17, 15) is 0 Å². The zero-order valence-electron chi connectivity index (χ0n) is 13.1. The lowest BCUT2D eigenvalue weighted by atomic mass is 9.89. The quantitative estimate of drug-likeness (QED) is 0.801. The Hall–Kier alpha value is -0.620. The standard InChI is InChI=1S/C15H26ClN3O2/c1-4-13-11(6-8-21-13)14(17-5-2)15-12(16)10-18-19(15)7-9-20-3/h10-11,13-14,17H,4-9H2,1-3H3. The van der Waals surface area contributed by atoms with Crippen LogP contribution in [0.2, 0.25) is 5.02 Å². The molecule has 1 aliphatic heterocycles. The number of methoxy groups -OCH3 is 1. The van der Waals surface area contributed by atoms with Gasteiger partial charge in [0.15, 0.2) is 0 Å². The van der Waals surface area contributed by atoms with Gasteiger partial charge in [-0.3, -0.25) is 4.68 Å². The number of nitrogens with zero attached hydrogens (tertiary/aromatic N) is 2. The van der Waals surface area contributed by atoms with E-state index in [1.807, 2.05) is 4.68 Å². The highest BCUT2D eigenvalue weighted by molar-refractivity contribution is 6.31. The number of hydrogen-bond donors (Lipinski definition) is 1. The van der Waals surface area contributed by atoms with E-state index in [-0.39, 0.29) is 12.1 Å². The molecule has 0 amide bonds. The van der Waals surface area contributed by atoms with Gasteiger partial charge in [0.05, 0.1) is 42.2 Å². The van der Waals surface area contributed by atoms with Crippen molar-refractivity contribution in [3.05, 3.63) is 16.9 Å². The molecule has 2 rings (SSSR count). The van der Waals surface area contributed by atoms with Crippen LogP contribution >= 0.6 is 11.6 Å². The lowest BCUT2D eigenvalue weighted by molar-refractivity contribution is 0.0763. The predicted molar refractivity (Wildman–Crippen MR) is 83.7 cm³/mol. The lowest BCUT2D eigenvalue weighted by Gasteiger charge is -2.29. The smallest absolute Gasteiger partial charge is 0.0834 e. The maximum atomic E-state index is 6.42. The molecular formula is C15H26ClN3O2. The summed E-state index contributed by atoms with van der Waals surface area (Å²) < 4.78 is 13.0. The van der Waals surface area contributed by atoms with Crippen molar-refractivity contribution in [1.82, 2.24) is 15.1 Å². The summed E-state index contributed by atoms with van der Waals surface area (Å²) in [5, 5.41) is 8.71. The van der Waals surface area contributed by atoms with Gasteiger partial charge >= 0.3 is 0 Å². The van der Waals surface area contributed by atoms with Crippen molar-refractivity contribution < 1.29 is 9.47 Å². The van der Waals surface area contributed by atoms with Crippen LogP contribution in [0.1, 0.15) is 38.4 Å². The molecule has 0 aromatic carbocycles. The molecular weight excluding hydrogens is 290 g/mol. The second kappa shape index (κ2) is 8.13. The highest BCUT2D eigenvalue weighted by Crippen LogP contribution is 2.37. The molecule has 1 saturated heterocycles. The highest BCUT2D eigenvalue weighted by atomic mass is 35.5. The van der Waals surface area contributed by atoms with E-state index in [1.54, 1.807) is 13.3 Å². The topological polar surface area (TPSA) is 48.3 Å². The molecule has 1 N–H and O–H groups in total. The van der Waals surface area contributed by atoms with Crippen molar-refractivity contribution in [3.8, 4) is 0 Å². The lowest BCUT2D eigenvalue weighted by Crippen LogP contribution is -2.34. The third-order valence-electron chi connectivity index (χ3n) is 4.15. The van der Waals surface area contributed by atoms with Crippen LogP contribution in [-0.2, 0) is 16.0 Å². The summed E-state index contributed by atoms with van der Waals surface area (Å²) in [4.78, 5) is 0. The van der Waals surface area contributed by atoms with Gasteiger partial charge in [-0.1, -0.05) is 25.4 Å². The Kier molecular flexibility index (Phi) is 6.48. The van der Waals surface area contributed by atoms with Gasteiger partial charge in [-0.25, -0.2) is 0 Å².